The van der Waals surface area contributed by atoms with Crippen LogP contribution in [0.1, 0.15) is 34.5 Å². The lowest BCUT2D eigenvalue weighted by molar-refractivity contribution is -0.160. The van der Waals surface area contributed by atoms with E-state index in [-0.39, 0.29) is 18.2 Å². The summed E-state index contributed by atoms with van der Waals surface area (Å²) in [5, 5.41) is 0.931. The second-order valence-electron chi connectivity index (χ2n) is 8.03. The first-order chi connectivity index (χ1) is 13.3. The zero-order valence-corrected chi connectivity index (χ0v) is 17.3. The highest BCUT2D eigenvalue weighted by molar-refractivity contribution is 8.00. The molecule has 5 rings (SSSR count). The molecule has 1 saturated carbocycles. The van der Waals surface area contributed by atoms with Crippen molar-refractivity contribution >= 4 is 29.5 Å². The van der Waals surface area contributed by atoms with Crippen LogP contribution in [-0.2, 0) is 14.3 Å². The van der Waals surface area contributed by atoms with E-state index in [0.29, 0.717) is 28.9 Å². The van der Waals surface area contributed by atoms with E-state index in [4.69, 9.17) is 9.47 Å². The number of rotatable bonds is 4. The van der Waals surface area contributed by atoms with Crippen LogP contribution in [0, 0.1) is 11.8 Å². The van der Waals surface area contributed by atoms with Gasteiger partial charge < -0.3 is 9.47 Å². The molecule has 0 spiro atoms. The molecule has 1 aromatic rings. The minimum atomic E-state index is -0.0393. The number of ether oxygens (including phenoxy) is 2. The van der Waals surface area contributed by atoms with Gasteiger partial charge in [-0.1, -0.05) is 24.3 Å². The maximum absolute atomic E-state index is 12.7. The Morgan fingerprint density at radius 2 is 1.70 bits per heavy atom. The molecule has 2 saturated heterocycles. The Balaban J connectivity index is 1.34. The van der Waals surface area contributed by atoms with E-state index >= 15 is 0 Å². The summed E-state index contributed by atoms with van der Waals surface area (Å²) < 4.78 is 12.0. The lowest BCUT2D eigenvalue weighted by Crippen LogP contribution is -2.47. The van der Waals surface area contributed by atoms with E-state index in [1.807, 2.05) is 18.9 Å². The van der Waals surface area contributed by atoms with Crippen molar-refractivity contribution in [1.29, 1.82) is 0 Å². The van der Waals surface area contributed by atoms with Crippen LogP contribution in [0.3, 0.4) is 0 Å². The normalized spacial score (nSPS) is 37.7. The first kappa shape index (κ1) is 18.3. The highest BCUT2D eigenvalue weighted by atomic mass is 32.2. The molecule has 0 aromatic heterocycles. The average Bonchev–Trinajstić information content (AvgIpc) is 3.27. The molecule has 3 fully saturated rings. The number of fused-ring (bicyclic) bond motifs is 8. The number of carbonyl (C=O) groups is 1. The molecule has 0 N–H and O–H groups in total. The highest BCUT2D eigenvalue weighted by Gasteiger charge is 2.59. The van der Waals surface area contributed by atoms with Crippen molar-refractivity contribution in [3.63, 3.8) is 0 Å². The van der Waals surface area contributed by atoms with Crippen LogP contribution < -0.4 is 0 Å². The first-order valence-electron chi connectivity index (χ1n) is 10.0. The van der Waals surface area contributed by atoms with Crippen LogP contribution in [0.25, 0.3) is 0 Å². The summed E-state index contributed by atoms with van der Waals surface area (Å²) in [6, 6.07) is 8.83. The number of hydrogen-bond acceptors (Lipinski definition) is 6. The van der Waals surface area contributed by atoms with Gasteiger partial charge in [-0.3, -0.25) is 9.69 Å². The standard InChI is InChI=1S/C21H27NO3S2/c1-24-15-6-7-16(25-17(23)12-22-8-10-26-11-9-22)19-18(15)20-13-4-2-3-5-14(13)21(19)27-20/h2-5,15-16,18-21H,6-12H2,1H3/t15-,16+,18?,19?,20-,21+/m0/s1. The van der Waals surface area contributed by atoms with E-state index in [1.54, 1.807) is 0 Å². The number of thioether (sulfide) groups is 2. The molecular weight excluding hydrogens is 378 g/mol. The molecule has 6 heteroatoms. The van der Waals surface area contributed by atoms with Crippen LogP contribution in [0.15, 0.2) is 24.3 Å². The van der Waals surface area contributed by atoms with E-state index in [1.165, 1.54) is 11.1 Å². The largest absolute Gasteiger partial charge is 0.461 e. The van der Waals surface area contributed by atoms with Gasteiger partial charge >= 0.3 is 5.97 Å². The zero-order valence-electron chi connectivity index (χ0n) is 15.7. The minimum Gasteiger partial charge on any atom is -0.461 e. The predicted molar refractivity (Wildman–Crippen MR) is 110 cm³/mol. The van der Waals surface area contributed by atoms with E-state index in [9.17, 15) is 4.79 Å². The summed E-state index contributed by atoms with van der Waals surface area (Å²) >= 11 is 4.03. The summed E-state index contributed by atoms with van der Waals surface area (Å²) in [7, 11) is 1.84. The van der Waals surface area contributed by atoms with Crippen molar-refractivity contribution in [3.05, 3.63) is 35.4 Å². The molecular formula is C21H27NO3S2. The molecule has 1 aromatic carbocycles. The molecule has 3 aliphatic heterocycles. The van der Waals surface area contributed by atoms with Crippen LogP contribution in [-0.4, -0.2) is 61.3 Å². The van der Waals surface area contributed by atoms with Gasteiger partial charge in [0.25, 0.3) is 0 Å². The number of nitrogens with zero attached hydrogens (tertiary/aromatic N) is 1. The molecule has 3 heterocycles. The molecule has 2 bridgehead atoms. The van der Waals surface area contributed by atoms with Crippen LogP contribution in [0.4, 0.5) is 0 Å². The van der Waals surface area contributed by atoms with Crippen LogP contribution in [0.5, 0.6) is 0 Å². The van der Waals surface area contributed by atoms with Crippen LogP contribution >= 0.6 is 23.5 Å². The first-order valence-corrected chi connectivity index (χ1v) is 12.1. The topological polar surface area (TPSA) is 38.8 Å². The smallest absolute Gasteiger partial charge is 0.320 e. The van der Waals surface area contributed by atoms with Gasteiger partial charge in [0.05, 0.1) is 12.6 Å². The Labute approximate surface area is 169 Å². The van der Waals surface area contributed by atoms with Crippen molar-refractivity contribution in [3.8, 4) is 0 Å². The molecule has 146 valence electrons. The maximum Gasteiger partial charge on any atom is 0.320 e. The number of hydrogen-bond donors (Lipinski definition) is 0. The Morgan fingerprint density at radius 1 is 1.07 bits per heavy atom. The fourth-order valence-electron chi connectivity index (χ4n) is 5.49. The maximum atomic E-state index is 12.7. The van der Waals surface area contributed by atoms with Gasteiger partial charge in [0.2, 0.25) is 0 Å². The minimum absolute atomic E-state index is 0.0314. The monoisotopic (exact) mass is 405 g/mol. The van der Waals surface area contributed by atoms with E-state index in [2.05, 4.69) is 40.9 Å². The molecule has 4 aliphatic rings. The second kappa shape index (κ2) is 7.62. The molecule has 0 radical (unpaired) electrons. The number of esters is 1. The Kier molecular flexibility index (Phi) is 5.18. The summed E-state index contributed by atoms with van der Waals surface area (Å²) in [4.78, 5) is 14.9. The van der Waals surface area contributed by atoms with Crippen molar-refractivity contribution < 1.29 is 14.3 Å². The Bertz CT molecular complexity index is 708. The molecule has 0 amide bonds. The average molecular weight is 406 g/mol. The summed E-state index contributed by atoms with van der Waals surface area (Å²) in [6.07, 6.45) is 2.22. The number of methoxy groups -OCH3 is 1. The van der Waals surface area contributed by atoms with Gasteiger partial charge in [-0.25, -0.2) is 0 Å². The molecule has 6 atom stereocenters. The Hall–Kier alpha value is -0.690. The van der Waals surface area contributed by atoms with Crippen LogP contribution in [0.2, 0.25) is 0 Å². The summed E-state index contributed by atoms with van der Waals surface area (Å²) in [5.74, 6) is 3.04. The Morgan fingerprint density at radius 3 is 2.37 bits per heavy atom. The van der Waals surface area contributed by atoms with Gasteiger partial charge in [-0.05, 0) is 24.0 Å². The van der Waals surface area contributed by atoms with E-state index < -0.39 is 0 Å². The van der Waals surface area contributed by atoms with Gasteiger partial charge in [-0.15, -0.1) is 11.8 Å². The summed E-state index contributed by atoms with van der Waals surface area (Å²) in [5.41, 5.74) is 2.94. The third-order valence-corrected chi connectivity index (χ3v) is 9.35. The van der Waals surface area contributed by atoms with Crippen molar-refractivity contribution in [2.45, 2.75) is 35.5 Å². The molecule has 27 heavy (non-hydrogen) atoms. The van der Waals surface area contributed by atoms with Gasteiger partial charge in [0, 0.05) is 54.0 Å². The van der Waals surface area contributed by atoms with Crippen molar-refractivity contribution in [2.24, 2.45) is 11.8 Å². The quantitative estimate of drug-likeness (QED) is 0.714. The second-order valence-corrected chi connectivity index (χ2v) is 10.5. The van der Waals surface area contributed by atoms with Gasteiger partial charge in [0.1, 0.15) is 6.10 Å². The fourth-order valence-corrected chi connectivity index (χ4v) is 8.59. The fraction of sp³-hybridized carbons (Fsp3) is 0.667. The predicted octanol–water partition coefficient (Wildman–Crippen LogP) is 3.53. The van der Waals surface area contributed by atoms with Gasteiger partial charge in [0.15, 0.2) is 0 Å². The number of benzene rings is 1. The third-order valence-electron chi connectivity index (χ3n) is 6.68. The zero-order chi connectivity index (χ0) is 18.4. The molecule has 2 unspecified atom stereocenters. The summed E-state index contributed by atoms with van der Waals surface area (Å²) in [6.45, 7) is 2.44. The third kappa shape index (κ3) is 3.22. The van der Waals surface area contributed by atoms with E-state index in [0.717, 1.165) is 37.4 Å². The highest BCUT2D eigenvalue weighted by Crippen LogP contribution is 2.70. The number of carbonyl (C=O) groups excluding carboxylic acids is 1. The van der Waals surface area contributed by atoms with Crippen molar-refractivity contribution in [2.75, 3.05) is 38.2 Å². The van der Waals surface area contributed by atoms with Gasteiger partial charge in [-0.2, -0.15) is 11.8 Å². The SMILES string of the molecule is CO[C@H]1CC[C@@H](OC(=O)CN2CCSCC2)C2C1[C@H]1S[C@@H]2c2ccccc21. The molecule has 4 nitrogen and oxygen atoms in total. The lowest BCUT2D eigenvalue weighted by atomic mass is 9.66. The van der Waals surface area contributed by atoms with Crippen molar-refractivity contribution in [1.82, 2.24) is 4.90 Å². The lowest BCUT2D eigenvalue weighted by Gasteiger charge is -2.44. The molecule has 1 aliphatic carbocycles.